The number of thiocarbonyl (C=S) groups is 1. The molecule has 0 aliphatic heterocycles. The Kier molecular flexibility index (Phi) is 2.98. The molecule has 1 aromatic carbocycles. The lowest BCUT2D eigenvalue weighted by Gasteiger charge is -2.23. The van der Waals surface area contributed by atoms with E-state index in [4.69, 9.17) is 22.7 Å². The third-order valence-corrected chi connectivity index (χ3v) is 4.40. The molecule has 2 aliphatic rings. The highest BCUT2D eigenvalue weighted by Gasteiger charge is 2.41. The molecule has 3 rings (SSSR count). The number of benzene rings is 1. The molecule has 1 aromatic rings. The number of nitrogens with two attached hydrogens (primary N) is 1. The maximum absolute atomic E-state index is 13.9. The van der Waals surface area contributed by atoms with Crippen LogP contribution in [0.3, 0.4) is 0 Å². The van der Waals surface area contributed by atoms with Crippen LogP contribution in [0.2, 0.25) is 0 Å². The van der Waals surface area contributed by atoms with Gasteiger partial charge in [-0.1, -0.05) is 12.2 Å². The van der Waals surface area contributed by atoms with Crippen molar-refractivity contribution in [3.63, 3.8) is 0 Å². The summed E-state index contributed by atoms with van der Waals surface area (Å²) in [7, 11) is 0. The Bertz CT molecular complexity index is 491. The van der Waals surface area contributed by atoms with E-state index in [1.54, 1.807) is 12.1 Å². The van der Waals surface area contributed by atoms with Crippen molar-refractivity contribution in [2.45, 2.75) is 31.8 Å². The van der Waals surface area contributed by atoms with Gasteiger partial charge < -0.3 is 10.5 Å². The fraction of sp³-hybridized carbons (Fsp3) is 0.500. The molecule has 0 saturated heterocycles. The minimum absolute atomic E-state index is 0.189. The first-order valence-electron chi connectivity index (χ1n) is 6.39. The van der Waals surface area contributed by atoms with Gasteiger partial charge in [-0.2, -0.15) is 0 Å². The van der Waals surface area contributed by atoms with Gasteiger partial charge in [0.25, 0.3) is 0 Å². The third-order valence-electron chi connectivity index (χ3n) is 4.17. The molecule has 0 radical (unpaired) electrons. The molecule has 0 amide bonds. The van der Waals surface area contributed by atoms with Gasteiger partial charge in [-0.25, -0.2) is 4.39 Å². The lowest BCUT2D eigenvalue weighted by atomic mass is 9.98. The summed E-state index contributed by atoms with van der Waals surface area (Å²) < 4.78 is 19.7. The van der Waals surface area contributed by atoms with Gasteiger partial charge in [-0.15, -0.1) is 0 Å². The third kappa shape index (κ3) is 2.09. The summed E-state index contributed by atoms with van der Waals surface area (Å²) in [4.78, 5) is 0.209. The fourth-order valence-corrected chi connectivity index (χ4v) is 3.37. The molecule has 2 saturated carbocycles. The topological polar surface area (TPSA) is 35.2 Å². The Morgan fingerprint density at radius 1 is 1.33 bits per heavy atom. The van der Waals surface area contributed by atoms with Crippen LogP contribution in [-0.2, 0) is 0 Å². The molecule has 0 aromatic heterocycles. The first kappa shape index (κ1) is 11.9. The second kappa shape index (κ2) is 4.50. The van der Waals surface area contributed by atoms with E-state index < -0.39 is 0 Å². The summed E-state index contributed by atoms with van der Waals surface area (Å²) in [6.07, 6.45) is 5.04. The lowest BCUT2D eigenvalue weighted by molar-refractivity contribution is 0.132. The number of rotatable bonds is 3. The summed E-state index contributed by atoms with van der Waals surface area (Å²) in [6.45, 7) is 0. The largest absolute Gasteiger partial charge is 0.487 e. The van der Waals surface area contributed by atoms with Crippen LogP contribution in [0.25, 0.3) is 0 Å². The van der Waals surface area contributed by atoms with Crippen LogP contribution >= 0.6 is 12.2 Å². The Hall–Kier alpha value is -1.16. The average molecular weight is 265 g/mol. The highest BCUT2D eigenvalue weighted by Crippen LogP contribution is 2.46. The minimum atomic E-state index is -0.372. The Labute approximate surface area is 111 Å². The van der Waals surface area contributed by atoms with Crippen LogP contribution in [-0.4, -0.2) is 11.1 Å². The lowest BCUT2D eigenvalue weighted by Crippen LogP contribution is -2.24. The van der Waals surface area contributed by atoms with Crippen molar-refractivity contribution in [2.24, 2.45) is 17.6 Å². The fourth-order valence-electron chi connectivity index (χ4n) is 3.24. The van der Waals surface area contributed by atoms with E-state index in [2.05, 4.69) is 0 Å². The molecule has 0 heterocycles. The highest BCUT2D eigenvalue weighted by atomic mass is 32.1. The SMILES string of the molecule is NC(=S)c1ccc(OC2CC3CCC2C3)c(F)c1. The van der Waals surface area contributed by atoms with Crippen molar-refractivity contribution in [1.82, 2.24) is 0 Å². The summed E-state index contributed by atoms with van der Waals surface area (Å²) in [5.74, 6) is 1.36. The Morgan fingerprint density at radius 3 is 2.72 bits per heavy atom. The standard InChI is InChI=1S/C14H16FNOS/c15-11-7-10(14(16)18)3-4-12(11)17-13-6-8-1-2-9(13)5-8/h3-4,7-9,13H,1-2,5-6H2,(H2,16,18). The van der Waals surface area contributed by atoms with E-state index in [-0.39, 0.29) is 16.9 Å². The van der Waals surface area contributed by atoms with Gasteiger partial charge >= 0.3 is 0 Å². The monoisotopic (exact) mass is 265 g/mol. The molecular weight excluding hydrogens is 249 g/mol. The molecule has 96 valence electrons. The quantitative estimate of drug-likeness (QED) is 0.853. The molecule has 3 atom stereocenters. The maximum atomic E-state index is 13.9. The minimum Gasteiger partial charge on any atom is -0.487 e. The molecule has 2 bridgehead atoms. The zero-order valence-electron chi connectivity index (χ0n) is 10.1. The molecule has 3 unspecified atom stereocenters. The maximum Gasteiger partial charge on any atom is 0.165 e. The van der Waals surface area contributed by atoms with Crippen molar-refractivity contribution in [2.75, 3.05) is 0 Å². The van der Waals surface area contributed by atoms with Gasteiger partial charge in [-0.3, -0.25) is 0 Å². The molecule has 2 N–H and O–H groups in total. The Balaban J connectivity index is 1.75. The highest BCUT2D eigenvalue weighted by molar-refractivity contribution is 7.80. The molecule has 4 heteroatoms. The van der Waals surface area contributed by atoms with E-state index in [1.165, 1.54) is 25.3 Å². The second-order valence-corrected chi connectivity index (χ2v) is 5.78. The number of ether oxygens (including phenoxy) is 1. The van der Waals surface area contributed by atoms with Gasteiger partial charge in [0, 0.05) is 5.56 Å². The first-order chi connectivity index (χ1) is 8.63. The zero-order chi connectivity index (χ0) is 12.7. The van der Waals surface area contributed by atoms with Crippen molar-refractivity contribution in [1.29, 1.82) is 0 Å². The van der Waals surface area contributed by atoms with Gasteiger partial charge in [0.2, 0.25) is 0 Å². The van der Waals surface area contributed by atoms with Crippen molar-refractivity contribution < 1.29 is 9.13 Å². The summed E-state index contributed by atoms with van der Waals surface area (Å²) in [6, 6.07) is 4.70. The normalized spacial score (nSPS) is 29.5. The van der Waals surface area contributed by atoms with E-state index >= 15 is 0 Å². The van der Waals surface area contributed by atoms with Crippen LogP contribution in [0, 0.1) is 17.7 Å². The summed E-state index contributed by atoms with van der Waals surface area (Å²) in [5.41, 5.74) is 6.01. The smallest absolute Gasteiger partial charge is 0.165 e. The van der Waals surface area contributed by atoms with Crippen LogP contribution in [0.5, 0.6) is 5.75 Å². The van der Waals surface area contributed by atoms with Crippen LogP contribution in [0.15, 0.2) is 18.2 Å². The van der Waals surface area contributed by atoms with Gasteiger partial charge in [0.05, 0.1) is 0 Å². The number of fused-ring (bicyclic) bond motifs is 2. The van der Waals surface area contributed by atoms with Crippen LogP contribution in [0.1, 0.15) is 31.2 Å². The van der Waals surface area contributed by atoms with Gasteiger partial charge in [-0.05, 0) is 55.7 Å². The number of hydrogen-bond donors (Lipinski definition) is 1. The summed E-state index contributed by atoms with van der Waals surface area (Å²) in [5, 5.41) is 0. The van der Waals surface area contributed by atoms with E-state index in [1.807, 2.05) is 0 Å². The Morgan fingerprint density at radius 2 is 2.17 bits per heavy atom. The molecule has 18 heavy (non-hydrogen) atoms. The number of hydrogen-bond acceptors (Lipinski definition) is 2. The predicted octanol–water partition coefficient (Wildman–Crippen LogP) is 3.03. The predicted molar refractivity (Wildman–Crippen MR) is 72.2 cm³/mol. The molecule has 2 aliphatic carbocycles. The van der Waals surface area contributed by atoms with Crippen molar-refractivity contribution >= 4 is 17.2 Å². The van der Waals surface area contributed by atoms with Crippen LogP contribution in [0.4, 0.5) is 4.39 Å². The first-order valence-corrected chi connectivity index (χ1v) is 6.80. The molecule has 2 nitrogen and oxygen atoms in total. The van der Waals surface area contributed by atoms with Crippen molar-refractivity contribution in [3.8, 4) is 5.75 Å². The number of halogens is 1. The van der Waals surface area contributed by atoms with E-state index in [0.717, 1.165) is 12.3 Å². The van der Waals surface area contributed by atoms with Gasteiger partial charge in [0.15, 0.2) is 11.6 Å². The summed E-state index contributed by atoms with van der Waals surface area (Å²) >= 11 is 4.82. The average Bonchev–Trinajstić information content (AvgIpc) is 2.93. The van der Waals surface area contributed by atoms with Gasteiger partial charge in [0.1, 0.15) is 11.1 Å². The van der Waals surface area contributed by atoms with Crippen LogP contribution < -0.4 is 10.5 Å². The molecular formula is C14H16FNOS. The van der Waals surface area contributed by atoms with Crippen molar-refractivity contribution in [3.05, 3.63) is 29.6 Å². The molecule has 0 spiro atoms. The van der Waals surface area contributed by atoms with E-state index in [0.29, 0.717) is 17.2 Å². The molecule has 2 fully saturated rings. The second-order valence-electron chi connectivity index (χ2n) is 5.34. The zero-order valence-corrected chi connectivity index (χ0v) is 10.9. The van der Waals surface area contributed by atoms with E-state index in [9.17, 15) is 4.39 Å².